The van der Waals surface area contributed by atoms with Crippen LogP contribution in [-0.2, 0) is 6.42 Å². The molecule has 1 aliphatic carbocycles. The predicted octanol–water partition coefficient (Wildman–Crippen LogP) is 3.79. The van der Waals surface area contributed by atoms with Crippen LogP contribution in [0.5, 0.6) is 0 Å². The van der Waals surface area contributed by atoms with Crippen LogP contribution >= 0.6 is 11.6 Å². The Morgan fingerprint density at radius 1 is 1.47 bits per heavy atom. The third-order valence-corrected chi connectivity index (χ3v) is 4.18. The summed E-state index contributed by atoms with van der Waals surface area (Å²) >= 11 is 5.88. The molecule has 3 heteroatoms. The van der Waals surface area contributed by atoms with E-state index in [0.717, 1.165) is 0 Å². The van der Waals surface area contributed by atoms with Crippen molar-refractivity contribution in [3.05, 3.63) is 34.6 Å². The quantitative estimate of drug-likeness (QED) is 0.874. The Morgan fingerprint density at radius 3 is 2.88 bits per heavy atom. The highest BCUT2D eigenvalue weighted by molar-refractivity contribution is 6.30. The van der Waals surface area contributed by atoms with Crippen molar-refractivity contribution in [2.75, 3.05) is 0 Å². The third-order valence-electron chi connectivity index (χ3n) is 3.94. The van der Waals surface area contributed by atoms with Gasteiger partial charge in [0.15, 0.2) is 0 Å². The largest absolute Gasteiger partial charge is 0.327 e. The highest BCUT2D eigenvalue weighted by atomic mass is 35.5. The SMILES string of the molecule is CC1CCCC1C(N)Cc1cc(Cl)ccc1F. The van der Waals surface area contributed by atoms with Crippen molar-refractivity contribution in [2.24, 2.45) is 17.6 Å². The molecule has 1 aromatic carbocycles. The van der Waals surface area contributed by atoms with E-state index in [1.807, 2.05) is 0 Å². The summed E-state index contributed by atoms with van der Waals surface area (Å²) < 4.78 is 13.6. The van der Waals surface area contributed by atoms with Crippen LogP contribution in [0.15, 0.2) is 18.2 Å². The van der Waals surface area contributed by atoms with E-state index in [9.17, 15) is 4.39 Å². The summed E-state index contributed by atoms with van der Waals surface area (Å²) in [5, 5.41) is 0.577. The van der Waals surface area contributed by atoms with E-state index < -0.39 is 0 Å². The number of rotatable bonds is 3. The van der Waals surface area contributed by atoms with Gasteiger partial charge in [-0.15, -0.1) is 0 Å². The van der Waals surface area contributed by atoms with Crippen LogP contribution in [0.25, 0.3) is 0 Å². The van der Waals surface area contributed by atoms with E-state index in [2.05, 4.69) is 6.92 Å². The van der Waals surface area contributed by atoms with Gasteiger partial charge >= 0.3 is 0 Å². The molecule has 0 amide bonds. The fourth-order valence-electron chi connectivity index (χ4n) is 2.92. The minimum absolute atomic E-state index is 0.0421. The van der Waals surface area contributed by atoms with Crippen LogP contribution in [0.4, 0.5) is 4.39 Å². The van der Waals surface area contributed by atoms with Gasteiger partial charge in [0.2, 0.25) is 0 Å². The number of halogens is 2. The molecule has 1 aliphatic rings. The zero-order chi connectivity index (χ0) is 12.4. The molecule has 2 N–H and O–H groups in total. The lowest BCUT2D eigenvalue weighted by atomic mass is 9.87. The van der Waals surface area contributed by atoms with Crippen molar-refractivity contribution in [2.45, 2.75) is 38.6 Å². The average molecular weight is 256 g/mol. The monoisotopic (exact) mass is 255 g/mol. The highest BCUT2D eigenvalue weighted by Gasteiger charge is 2.29. The van der Waals surface area contributed by atoms with Crippen LogP contribution in [0.1, 0.15) is 31.7 Å². The van der Waals surface area contributed by atoms with Gasteiger partial charge in [-0.05, 0) is 48.4 Å². The number of benzene rings is 1. The van der Waals surface area contributed by atoms with Crippen LogP contribution < -0.4 is 5.73 Å². The fourth-order valence-corrected chi connectivity index (χ4v) is 3.11. The molecule has 2 rings (SSSR count). The van der Waals surface area contributed by atoms with E-state index in [-0.39, 0.29) is 11.9 Å². The Hall–Kier alpha value is -0.600. The minimum atomic E-state index is -0.199. The van der Waals surface area contributed by atoms with Crippen LogP contribution in [0.3, 0.4) is 0 Å². The summed E-state index contributed by atoms with van der Waals surface area (Å²) in [6.07, 6.45) is 4.25. The minimum Gasteiger partial charge on any atom is -0.327 e. The Labute approximate surface area is 107 Å². The smallest absolute Gasteiger partial charge is 0.126 e. The molecular formula is C14H19ClFN. The average Bonchev–Trinajstić information content (AvgIpc) is 2.70. The molecule has 3 unspecified atom stereocenters. The van der Waals surface area contributed by atoms with Gasteiger partial charge in [-0.1, -0.05) is 31.4 Å². The van der Waals surface area contributed by atoms with Crippen molar-refractivity contribution in [1.29, 1.82) is 0 Å². The molecule has 0 aromatic heterocycles. The zero-order valence-corrected chi connectivity index (χ0v) is 10.9. The lowest BCUT2D eigenvalue weighted by Crippen LogP contribution is -2.34. The molecule has 0 spiro atoms. The molecule has 17 heavy (non-hydrogen) atoms. The molecule has 0 aliphatic heterocycles. The van der Waals surface area contributed by atoms with E-state index in [1.165, 1.54) is 25.3 Å². The predicted molar refractivity (Wildman–Crippen MR) is 69.6 cm³/mol. The molecule has 1 fully saturated rings. The van der Waals surface area contributed by atoms with E-state index in [1.54, 1.807) is 12.1 Å². The van der Waals surface area contributed by atoms with Gasteiger partial charge in [0.05, 0.1) is 0 Å². The summed E-state index contributed by atoms with van der Waals surface area (Å²) in [5.74, 6) is 0.983. The van der Waals surface area contributed by atoms with Gasteiger partial charge in [-0.25, -0.2) is 4.39 Å². The Kier molecular flexibility index (Phi) is 4.05. The summed E-state index contributed by atoms with van der Waals surface area (Å²) in [6, 6.07) is 4.73. The summed E-state index contributed by atoms with van der Waals surface area (Å²) in [7, 11) is 0. The van der Waals surface area contributed by atoms with E-state index >= 15 is 0 Å². The summed E-state index contributed by atoms with van der Waals surface area (Å²) in [6.45, 7) is 2.24. The Balaban J connectivity index is 2.07. The summed E-state index contributed by atoms with van der Waals surface area (Å²) in [4.78, 5) is 0. The molecule has 0 bridgehead atoms. The maximum Gasteiger partial charge on any atom is 0.126 e. The second-order valence-corrected chi connectivity index (χ2v) is 5.61. The molecule has 94 valence electrons. The van der Waals surface area contributed by atoms with Gasteiger partial charge in [-0.3, -0.25) is 0 Å². The maximum absolute atomic E-state index is 13.6. The Bertz CT molecular complexity index is 394. The molecule has 1 aromatic rings. The van der Waals surface area contributed by atoms with Gasteiger partial charge in [-0.2, -0.15) is 0 Å². The number of hydrogen-bond acceptors (Lipinski definition) is 1. The van der Waals surface area contributed by atoms with Crippen LogP contribution in [0, 0.1) is 17.7 Å². The molecule has 1 saturated carbocycles. The standard InChI is InChI=1S/C14H19ClFN/c1-9-3-2-4-12(9)14(17)8-10-7-11(15)5-6-13(10)16/h5-7,9,12,14H,2-4,8,17H2,1H3. The highest BCUT2D eigenvalue weighted by Crippen LogP contribution is 2.34. The van der Waals surface area contributed by atoms with E-state index in [0.29, 0.717) is 28.8 Å². The topological polar surface area (TPSA) is 26.0 Å². The normalized spacial score (nSPS) is 26.1. The maximum atomic E-state index is 13.6. The second-order valence-electron chi connectivity index (χ2n) is 5.18. The van der Waals surface area contributed by atoms with Crippen molar-refractivity contribution < 1.29 is 4.39 Å². The van der Waals surface area contributed by atoms with Crippen LogP contribution in [-0.4, -0.2) is 6.04 Å². The van der Waals surface area contributed by atoms with Crippen molar-refractivity contribution in [3.8, 4) is 0 Å². The van der Waals surface area contributed by atoms with Gasteiger partial charge in [0.1, 0.15) is 5.82 Å². The first-order chi connectivity index (χ1) is 8.08. The Morgan fingerprint density at radius 2 is 2.24 bits per heavy atom. The molecular weight excluding hydrogens is 237 g/mol. The third kappa shape index (κ3) is 2.99. The number of hydrogen-bond donors (Lipinski definition) is 1. The first-order valence-corrected chi connectivity index (χ1v) is 6.65. The summed E-state index contributed by atoms with van der Waals surface area (Å²) in [5.41, 5.74) is 6.85. The second kappa shape index (κ2) is 5.36. The molecule has 1 nitrogen and oxygen atoms in total. The first kappa shape index (κ1) is 12.8. The van der Waals surface area contributed by atoms with Gasteiger partial charge in [0, 0.05) is 11.1 Å². The molecule has 3 atom stereocenters. The molecule has 0 saturated heterocycles. The van der Waals surface area contributed by atoms with Crippen molar-refractivity contribution in [3.63, 3.8) is 0 Å². The van der Waals surface area contributed by atoms with Crippen molar-refractivity contribution >= 4 is 11.6 Å². The zero-order valence-electron chi connectivity index (χ0n) is 10.1. The van der Waals surface area contributed by atoms with Crippen molar-refractivity contribution in [1.82, 2.24) is 0 Å². The molecule has 0 heterocycles. The molecule has 0 radical (unpaired) electrons. The number of nitrogens with two attached hydrogens (primary N) is 1. The van der Waals surface area contributed by atoms with E-state index in [4.69, 9.17) is 17.3 Å². The lowest BCUT2D eigenvalue weighted by Gasteiger charge is -2.23. The van der Waals surface area contributed by atoms with Gasteiger partial charge < -0.3 is 5.73 Å². The first-order valence-electron chi connectivity index (χ1n) is 6.27. The lowest BCUT2D eigenvalue weighted by molar-refractivity contribution is 0.341. The fraction of sp³-hybridized carbons (Fsp3) is 0.571. The van der Waals surface area contributed by atoms with Crippen LogP contribution in [0.2, 0.25) is 5.02 Å². The van der Waals surface area contributed by atoms with Gasteiger partial charge in [0.25, 0.3) is 0 Å².